The predicted molar refractivity (Wildman–Crippen MR) is 119 cm³/mol. The molecule has 1 unspecified atom stereocenters. The highest BCUT2D eigenvalue weighted by Crippen LogP contribution is 2.18. The highest BCUT2D eigenvalue weighted by Gasteiger charge is 2.11. The molecule has 0 spiro atoms. The minimum Gasteiger partial charge on any atom is -0.489 e. The highest BCUT2D eigenvalue weighted by atomic mass is 35.5. The van der Waals surface area contributed by atoms with Crippen LogP contribution in [0.3, 0.4) is 0 Å². The third-order valence-corrected chi connectivity index (χ3v) is 5.62. The maximum Gasteiger partial charge on any atom is 0.191 e. The molecule has 0 aliphatic carbocycles. The van der Waals surface area contributed by atoms with E-state index in [-0.39, 0.29) is 6.10 Å². The number of aryl methyl sites for hydroxylation is 1. The highest BCUT2D eigenvalue weighted by molar-refractivity contribution is 7.90. The summed E-state index contributed by atoms with van der Waals surface area (Å²) in [5, 5.41) is 7.14. The quantitative estimate of drug-likeness (QED) is 0.487. The van der Waals surface area contributed by atoms with Crippen LogP contribution < -0.4 is 15.4 Å². The second kappa shape index (κ2) is 10.5. The van der Waals surface area contributed by atoms with E-state index in [1.54, 1.807) is 31.2 Å². The molecule has 2 aromatic carbocycles. The standard InChI is InChI=1S/C21H28ClN3O3S/c1-5-23-21(24-13-16(3)28-19-9-7-18(22)8-10-19)25-14-17-6-11-20(15(2)12-17)29(4,26)27/h6-12,16H,5,13-14H2,1-4H3,(H2,23,24,25). The molecule has 0 amide bonds. The van der Waals surface area contributed by atoms with E-state index in [1.807, 2.05) is 32.0 Å². The summed E-state index contributed by atoms with van der Waals surface area (Å²) in [5.74, 6) is 1.43. The number of rotatable bonds is 8. The lowest BCUT2D eigenvalue weighted by atomic mass is 10.1. The van der Waals surface area contributed by atoms with E-state index in [1.165, 1.54) is 6.26 Å². The smallest absolute Gasteiger partial charge is 0.191 e. The zero-order valence-corrected chi connectivity index (χ0v) is 18.8. The average Bonchev–Trinajstić information content (AvgIpc) is 2.65. The molecule has 0 radical (unpaired) electrons. The van der Waals surface area contributed by atoms with Crippen LogP contribution in [0, 0.1) is 6.92 Å². The van der Waals surface area contributed by atoms with Gasteiger partial charge in [-0.2, -0.15) is 0 Å². The molecule has 0 saturated heterocycles. The maximum absolute atomic E-state index is 11.7. The molecule has 0 aliphatic heterocycles. The van der Waals surface area contributed by atoms with E-state index in [4.69, 9.17) is 16.3 Å². The van der Waals surface area contributed by atoms with Crippen molar-refractivity contribution in [1.82, 2.24) is 10.6 Å². The molecule has 158 valence electrons. The molecule has 0 aliphatic rings. The first kappa shape index (κ1) is 23.0. The summed E-state index contributed by atoms with van der Waals surface area (Å²) in [4.78, 5) is 4.93. The molecule has 1 atom stereocenters. The molecule has 0 aromatic heterocycles. The Balaban J connectivity index is 1.97. The lowest BCUT2D eigenvalue weighted by Gasteiger charge is -2.18. The van der Waals surface area contributed by atoms with E-state index in [2.05, 4.69) is 15.6 Å². The van der Waals surface area contributed by atoms with Crippen molar-refractivity contribution in [1.29, 1.82) is 0 Å². The number of ether oxygens (including phenoxy) is 1. The molecule has 2 N–H and O–H groups in total. The van der Waals surface area contributed by atoms with Gasteiger partial charge < -0.3 is 15.4 Å². The molecule has 8 heteroatoms. The summed E-state index contributed by atoms with van der Waals surface area (Å²) in [5.41, 5.74) is 1.67. The maximum atomic E-state index is 11.7. The normalized spacial score (nSPS) is 13.1. The zero-order chi connectivity index (χ0) is 21.4. The van der Waals surface area contributed by atoms with Crippen LogP contribution in [0.1, 0.15) is 25.0 Å². The zero-order valence-electron chi connectivity index (χ0n) is 17.2. The number of nitrogens with zero attached hydrogens (tertiary/aromatic N) is 1. The van der Waals surface area contributed by atoms with Gasteiger partial charge in [0.05, 0.1) is 18.0 Å². The van der Waals surface area contributed by atoms with Crippen LogP contribution in [0.4, 0.5) is 0 Å². The average molecular weight is 438 g/mol. The Morgan fingerprint density at radius 1 is 1.17 bits per heavy atom. The van der Waals surface area contributed by atoms with Crippen molar-refractivity contribution < 1.29 is 13.2 Å². The third-order valence-electron chi connectivity index (χ3n) is 4.11. The molecule has 0 heterocycles. The SMILES string of the molecule is CCNC(=NCc1ccc(S(C)(=O)=O)c(C)c1)NCC(C)Oc1ccc(Cl)cc1. The van der Waals surface area contributed by atoms with Crippen molar-refractivity contribution in [3.8, 4) is 5.75 Å². The fourth-order valence-corrected chi connectivity index (χ4v) is 3.85. The van der Waals surface area contributed by atoms with Crippen molar-refractivity contribution in [3.05, 3.63) is 58.6 Å². The Bertz CT molecular complexity index is 944. The summed E-state index contributed by atoms with van der Waals surface area (Å²) in [6.45, 7) is 7.49. The topological polar surface area (TPSA) is 79.8 Å². The number of benzene rings is 2. The van der Waals surface area contributed by atoms with Gasteiger partial charge in [-0.1, -0.05) is 23.7 Å². The summed E-state index contributed by atoms with van der Waals surface area (Å²) in [6.07, 6.45) is 1.14. The monoisotopic (exact) mass is 437 g/mol. The molecule has 6 nitrogen and oxygen atoms in total. The predicted octanol–water partition coefficient (Wildman–Crippen LogP) is 3.57. The Morgan fingerprint density at radius 3 is 2.45 bits per heavy atom. The van der Waals surface area contributed by atoms with Crippen molar-refractivity contribution in [3.63, 3.8) is 0 Å². The van der Waals surface area contributed by atoms with E-state index in [0.717, 1.165) is 23.4 Å². The lowest BCUT2D eigenvalue weighted by molar-refractivity contribution is 0.224. The summed E-state index contributed by atoms with van der Waals surface area (Å²) >= 11 is 5.89. The molecule has 29 heavy (non-hydrogen) atoms. The fraction of sp³-hybridized carbons (Fsp3) is 0.381. The van der Waals surface area contributed by atoms with Crippen LogP contribution >= 0.6 is 11.6 Å². The van der Waals surface area contributed by atoms with Crippen molar-refractivity contribution in [2.24, 2.45) is 4.99 Å². The van der Waals surface area contributed by atoms with Crippen LogP contribution in [0.5, 0.6) is 5.75 Å². The minimum absolute atomic E-state index is 0.0729. The number of hydrogen-bond acceptors (Lipinski definition) is 4. The molecule has 2 rings (SSSR count). The fourth-order valence-electron chi connectivity index (χ4n) is 2.77. The van der Waals surface area contributed by atoms with Crippen LogP contribution in [-0.2, 0) is 16.4 Å². The van der Waals surface area contributed by atoms with Crippen LogP contribution in [0.25, 0.3) is 0 Å². The van der Waals surface area contributed by atoms with E-state index >= 15 is 0 Å². The van der Waals surface area contributed by atoms with Gasteiger partial charge in [-0.05, 0) is 62.2 Å². The van der Waals surface area contributed by atoms with E-state index in [9.17, 15) is 8.42 Å². The molecular weight excluding hydrogens is 410 g/mol. The number of sulfone groups is 1. The van der Waals surface area contributed by atoms with E-state index in [0.29, 0.717) is 29.0 Å². The Labute approximate surface area is 178 Å². The molecule has 0 fully saturated rings. The van der Waals surface area contributed by atoms with Gasteiger partial charge in [0.15, 0.2) is 15.8 Å². The third kappa shape index (κ3) is 7.59. The van der Waals surface area contributed by atoms with Gasteiger partial charge in [-0.3, -0.25) is 0 Å². The van der Waals surface area contributed by atoms with Gasteiger partial charge in [-0.15, -0.1) is 0 Å². The first-order valence-corrected chi connectivity index (χ1v) is 11.7. The molecular formula is C21H28ClN3O3S. The largest absolute Gasteiger partial charge is 0.489 e. The lowest BCUT2D eigenvalue weighted by Crippen LogP contribution is -2.41. The second-order valence-corrected chi connectivity index (χ2v) is 9.25. The first-order chi connectivity index (χ1) is 13.7. The van der Waals surface area contributed by atoms with Crippen molar-refractivity contribution in [2.75, 3.05) is 19.3 Å². The molecule has 0 saturated carbocycles. The second-order valence-electron chi connectivity index (χ2n) is 6.83. The number of hydrogen-bond donors (Lipinski definition) is 2. The van der Waals surface area contributed by atoms with Crippen molar-refractivity contribution >= 4 is 27.4 Å². The summed E-state index contributed by atoms with van der Waals surface area (Å²) in [7, 11) is -3.22. The Morgan fingerprint density at radius 2 is 1.86 bits per heavy atom. The van der Waals surface area contributed by atoms with Gasteiger partial charge in [0.2, 0.25) is 0 Å². The number of aliphatic imine (C=N–C) groups is 1. The summed E-state index contributed by atoms with van der Waals surface area (Å²) in [6, 6.07) is 12.5. The van der Waals surface area contributed by atoms with Gasteiger partial charge >= 0.3 is 0 Å². The van der Waals surface area contributed by atoms with E-state index < -0.39 is 9.84 Å². The Hall–Kier alpha value is -2.25. The number of halogens is 1. The van der Waals surface area contributed by atoms with Crippen molar-refractivity contribution in [2.45, 2.75) is 38.3 Å². The van der Waals surface area contributed by atoms with Crippen LogP contribution in [0.2, 0.25) is 5.02 Å². The number of nitrogens with one attached hydrogen (secondary N) is 2. The summed E-state index contributed by atoms with van der Waals surface area (Å²) < 4.78 is 29.4. The molecule has 0 bridgehead atoms. The first-order valence-electron chi connectivity index (χ1n) is 9.43. The van der Waals surface area contributed by atoms with Gasteiger partial charge in [-0.25, -0.2) is 13.4 Å². The number of guanidine groups is 1. The van der Waals surface area contributed by atoms with Crippen LogP contribution in [-0.4, -0.2) is 39.8 Å². The van der Waals surface area contributed by atoms with Gasteiger partial charge in [0, 0.05) is 17.8 Å². The minimum atomic E-state index is -3.22. The van der Waals surface area contributed by atoms with Crippen LogP contribution in [0.15, 0.2) is 52.4 Å². The molecule has 2 aromatic rings. The Kier molecular flexibility index (Phi) is 8.34. The van der Waals surface area contributed by atoms with Gasteiger partial charge in [0.1, 0.15) is 11.9 Å². The van der Waals surface area contributed by atoms with Gasteiger partial charge in [0.25, 0.3) is 0 Å².